The molecule has 0 heterocycles. The van der Waals surface area contributed by atoms with Gasteiger partial charge in [-0.1, -0.05) is 45.7 Å². The van der Waals surface area contributed by atoms with E-state index in [0.717, 1.165) is 4.47 Å². The number of benzene rings is 2. The highest BCUT2D eigenvalue weighted by Crippen LogP contribution is 2.29. The van der Waals surface area contributed by atoms with E-state index in [9.17, 15) is 4.39 Å². The molecule has 2 N–H and O–H groups in total. The average molecular weight is 345 g/mol. The lowest BCUT2D eigenvalue weighted by Gasteiger charge is -2.10. The van der Waals surface area contributed by atoms with Crippen molar-refractivity contribution in [1.82, 2.24) is 0 Å². The van der Waals surface area contributed by atoms with E-state index in [4.69, 9.17) is 22.1 Å². The largest absolute Gasteiger partial charge is 0.487 e. The van der Waals surface area contributed by atoms with Crippen LogP contribution in [-0.2, 0) is 13.2 Å². The summed E-state index contributed by atoms with van der Waals surface area (Å²) >= 11 is 9.33. The van der Waals surface area contributed by atoms with Crippen molar-refractivity contribution in [3.8, 4) is 5.75 Å². The van der Waals surface area contributed by atoms with Crippen LogP contribution in [0.15, 0.2) is 40.9 Å². The fourth-order valence-electron chi connectivity index (χ4n) is 1.65. The normalized spacial score (nSPS) is 10.5. The second kappa shape index (κ2) is 6.37. The Hall–Kier alpha value is -1.10. The summed E-state index contributed by atoms with van der Waals surface area (Å²) in [7, 11) is 0. The summed E-state index contributed by atoms with van der Waals surface area (Å²) in [5.74, 6) is 0.185. The SMILES string of the molecule is NCc1cccc(COc2cc(Br)ccc2Cl)c1F. The van der Waals surface area contributed by atoms with Gasteiger partial charge in [-0.2, -0.15) is 0 Å². The molecule has 0 atom stereocenters. The number of ether oxygens (including phenoxy) is 1. The molecule has 0 unspecified atom stereocenters. The van der Waals surface area contributed by atoms with Crippen molar-refractivity contribution in [1.29, 1.82) is 0 Å². The minimum Gasteiger partial charge on any atom is -0.487 e. The highest BCUT2D eigenvalue weighted by atomic mass is 79.9. The molecule has 2 rings (SSSR count). The van der Waals surface area contributed by atoms with Gasteiger partial charge in [-0.15, -0.1) is 0 Å². The number of nitrogens with two attached hydrogens (primary N) is 1. The van der Waals surface area contributed by atoms with Crippen molar-refractivity contribution in [2.45, 2.75) is 13.2 Å². The predicted molar refractivity (Wildman–Crippen MR) is 77.8 cm³/mol. The smallest absolute Gasteiger partial charge is 0.139 e. The molecule has 0 saturated heterocycles. The molecule has 0 saturated carbocycles. The average Bonchev–Trinajstić information content (AvgIpc) is 2.41. The Balaban J connectivity index is 2.17. The van der Waals surface area contributed by atoms with Crippen LogP contribution in [0.5, 0.6) is 5.75 Å². The Morgan fingerprint density at radius 2 is 1.95 bits per heavy atom. The minimum absolute atomic E-state index is 0.107. The molecular formula is C14H12BrClFNO. The highest BCUT2D eigenvalue weighted by molar-refractivity contribution is 9.10. The first kappa shape index (κ1) is 14.3. The Bertz CT molecular complexity index is 592. The summed E-state index contributed by atoms with van der Waals surface area (Å²) in [4.78, 5) is 0. The van der Waals surface area contributed by atoms with Gasteiger partial charge in [0, 0.05) is 22.1 Å². The van der Waals surface area contributed by atoms with E-state index >= 15 is 0 Å². The lowest BCUT2D eigenvalue weighted by Crippen LogP contribution is -2.05. The molecule has 0 aliphatic carbocycles. The van der Waals surface area contributed by atoms with Crippen LogP contribution in [0.4, 0.5) is 4.39 Å². The topological polar surface area (TPSA) is 35.2 Å². The molecule has 0 fully saturated rings. The minimum atomic E-state index is -0.323. The first-order chi connectivity index (χ1) is 9.11. The second-order valence-electron chi connectivity index (χ2n) is 3.96. The third kappa shape index (κ3) is 3.47. The molecule has 2 aromatic rings. The zero-order valence-corrected chi connectivity index (χ0v) is 12.3. The molecule has 0 radical (unpaired) electrons. The fraction of sp³-hybridized carbons (Fsp3) is 0.143. The summed E-state index contributed by atoms with van der Waals surface area (Å²) in [6.07, 6.45) is 0. The maximum atomic E-state index is 14.0. The molecule has 2 nitrogen and oxygen atoms in total. The Kier molecular flexibility index (Phi) is 4.80. The first-order valence-corrected chi connectivity index (χ1v) is 6.83. The molecule has 19 heavy (non-hydrogen) atoms. The molecule has 0 aromatic heterocycles. The number of rotatable bonds is 4. The standard InChI is InChI=1S/C14H12BrClFNO/c15-11-4-5-12(16)13(6-11)19-8-10-3-1-2-9(7-18)14(10)17/h1-6H,7-8,18H2. The van der Waals surface area contributed by atoms with Crippen LogP contribution in [0.2, 0.25) is 5.02 Å². The van der Waals surface area contributed by atoms with Crippen LogP contribution in [0.3, 0.4) is 0 Å². The van der Waals surface area contributed by atoms with Gasteiger partial charge in [-0.25, -0.2) is 4.39 Å². The summed E-state index contributed by atoms with van der Waals surface area (Å²) in [6, 6.07) is 10.4. The maximum absolute atomic E-state index is 14.0. The van der Waals surface area contributed by atoms with E-state index in [0.29, 0.717) is 21.9 Å². The molecule has 0 amide bonds. The van der Waals surface area contributed by atoms with Gasteiger partial charge in [-0.05, 0) is 18.2 Å². The van der Waals surface area contributed by atoms with Gasteiger partial charge in [-0.3, -0.25) is 0 Å². The van der Waals surface area contributed by atoms with E-state index < -0.39 is 0 Å². The van der Waals surface area contributed by atoms with Gasteiger partial charge in [0.25, 0.3) is 0 Å². The van der Waals surface area contributed by atoms with Crippen molar-refractivity contribution in [2.24, 2.45) is 5.73 Å². The van der Waals surface area contributed by atoms with Gasteiger partial charge in [0.2, 0.25) is 0 Å². The Morgan fingerprint density at radius 1 is 1.21 bits per heavy atom. The van der Waals surface area contributed by atoms with E-state index in [1.54, 1.807) is 30.3 Å². The van der Waals surface area contributed by atoms with Gasteiger partial charge in [0.05, 0.1) is 5.02 Å². The second-order valence-corrected chi connectivity index (χ2v) is 5.28. The molecule has 0 aliphatic rings. The molecule has 0 bridgehead atoms. The number of halogens is 3. The van der Waals surface area contributed by atoms with Gasteiger partial charge < -0.3 is 10.5 Å². The van der Waals surface area contributed by atoms with E-state index in [-0.39, 0.29) is 19.0 Å². The molecule has 0 spiro atoms. The predicted octanol–water partition coefficient (Wildman–Crippen LogP) is 4.28. The molecular weight excluding hydrogens is 333 g/mol. The Morgan fingerprint density at radius 3 is 2.68 bits per heavy atom. The lowest BCUT2D eigenvalue weighted by molar-refractivity contribution is 0.299. The number of hydrogen-bond donors (Lipinski definition) is 1. The van der Waals surface area contributed by atoms with Gasteiger partial charge >= 0.3 is 0 Å². The molecule has 0 aliphatic heterocycles. The van der Waals surface area contributed by atoms with Crippen molar-refractivity contribution < 1.29 is 9.13 Å². The summed E-state index contributed by atoms with van der Waals surface area (Å²) in [5, 5.41) is 0.485. The summed E-state index contributed by atoms with van der Waals surface area (Å²) in [5.41, 5.74) is 6.39. The van der Waals surface area contributed by atoms with Gasteiger partial charge in [0.1, 0.15) is 18.2 Å². The first-order valence-electron chi connectivity index (χ1n) is 5.66. The van der Waals surface area contributed by atoms with Crippen LogP contribution < -0.4 is 10.5 Å². The monoisotopic (exact) mass is 343 g/mol. The fourth-order valence-corrected chi connectivity index (χ4v) is 2.16. The molecule has 2 aromatic carbocycles. The number of hydrogen-bond acceptors (Lipinski definition) is 2. The van der Waals surface area contributed by atoms with Crippen LogP contribution in [0.25, 0.3) is 0 Å². The molecule has 5 heteroatoms. The van der Waals surface area contributed by atoms with Crippen molar-refractivity contribution in [3.05, 3.63) is 62.8 Å². The van der Waals surface area contributed by atoms with Crippen LogP contribution in [0.1, 0.15) is 11.1 Å². The van der Waals surface area contributed by atoms with Crippen molar-refractivity contribution >= 4 is 27.5 Å². The van der Waals surface area contributed by atoms with Crippen LogP contribution in [-0.4, -0.2) is 0 Å². The molecule has 100 valence electrons. The van der Waals surface area contributed by atoms with E-state index in [2.05, 4.69) is 15.9 Å². The van der Waals surface area contributed by atoms with Crippen LogP contribution in [0, 0.1) is 5.82 Å². The Labute approximate surface area is 124 Å². The zero-order chi connectivity index (χ0) is 13.8. The zero-order valence-electron chi connectivity index (χ0n) is 10.00. The van der Waals surface area contributed by atoms with E-state index in [1.165, 1.54) is 0 Å². The third-order valence-electron chi connectivity index (χ3n) is 2.66. The summed E-state index contributed by atoms with van der Waals surface area (Å²) in [6.45, 7) is 0.271. The van der Waals surface area contributed by atoms with Crippen molar-refractivity contribution in [3.63, 3.8) is 0 Å². The third-order valence-corrected chi connectivity index (χ3v) is 3.46. The van der Waals surface area contributed by atoms with Crippen molar-refractivity contribution in [2.75, 3.05) is 0 Å². The van der Waals surface area contributed by atoms with Gasteiger partial charge in [0.15, 0.2) is 0 Å². The maximum Gasteiger partial charge on any atom is 0.139 e. The lowest BCUT2D eigenvalue weighted by atomic mass is 10.1. The summed E-state index contributed by atoms with van der Waals surface area (Å²) < 4.78 is 20.3. The van der Waals surface area contributed by atoms with Crippen LogP contribution >= 0.6 is 27.5 Å². The quantitative estimate of drug-likeness (QED) is 0.898. The highest BCUT2D eigenvalue weighted by Gasteiger charge is 2.09. The van der Waals surface area contributed by atoms with E-state index in [1.807, 2.05) is 6.07 Å².